The predicted molar refractivity (Wildman–Crippen MR) is 139 cm³/mol. The Hall–Kier alpha value is -3.65. The van der Waals surface area contributed by atoms with Crippen molar-refractivity contribution in [3.05, 3.63) is 60.8 Å². The molecule has 2 aromatic carbocycles. The number of anilines is 2. The summed E-state index contributed by atoms with van der Waals surface area (Å²) >= 11 is 1.71. The highest BCUT2D eigenvalue weighted by Gasteiger charge is 2.43. The number of piperidine rings is 1. The van der Waals surface area contributed by atoms with Crippen LogP contribution in [0.25, 0.3) is 21.0 Å². The highest BCUT2D eigenvalue weighted by atomic mass is 32.1. The van der Waals surface area contributed by atoms with E-state index in [1.165, 1.54) is 16.2 Å². The van der Waals surface area contributed by atoms with Gasteiger partial charge in [0, 0.05) is 46.8 Å². The molecule has 2 fully saturated rings. The van der Waals surface area contributed by atoms with E-state index in [0.29, 0.717) is 17.3 Å². The Labute approximate surface area is 207 Å². The second kappa shape index (κ2) is 8.85. The Kier molecular flexibility index (Phi) is 5.53. The number of amides is 1. The number of rotatable bonds is 6. The second-order valence-corrected chi connectivity index (χ2v) is 10.0. The molecule has 2 aromatic heterocycles. The molecule has 35 heavy (non-hydrogen) atoms. The van der Waals surface area contributed by atoms with Crippen molar-refractivity contribution < 1.29 is 14.3 Å². The second-order valence-electron chi connectivity index (χ2n) is 9.09. The fourth-order valence-corrected chi connectivity index (χ4v) is 6.28. The number of aromatic nitrogens is 2. The summed E-state index contributed by atoms with van der Waals surface area (Å²) in [7, 11) is 1.64. The molecule has 2 aliphatic rings. The van der Waals surface area contributed by atoms with E-state index in [-0.39, 0.29) is 24.1 Å². The molecule has 3 atom stereocenters. The number of hydrogen-bond acceptors (Lipinski definition) is 7. The third kappa shape index (κ3) is 3.97. The van der Waals surface area contributed by atoms with Gasteiger partial charge in [-0.15, -0.1) is 11.3 Å². The van der Waals surface area contributed by atoms with Crippen molar-refractivity contribution in [1.29, 1.82) is 0 Å². The maximum absolute atomic E-state index is 12.3. The van der Waals surface area contributed by atoms with E-state index in [1.807, 2.05) is 17.0 Å². The van der Waals surface area contributed by atoms with Crippen LogP contribution in [0.1, 0.15) is 25.7 Å². The summed E-state index contributed by atoms with van der Waals surface area (Å²) in [4.78, 5) is 23.3. The molecule has 4 heterocycles. The number of fused-ring (bicyclic) bond motifs is 4. The molecule has 2 saturated heterocycles. The maximum atomic E-state index is 12.3. The smallest absolute Gasteiger partial charge is 0.246 e. The summed E-state index contributed by atoms with van der Waals surface area (Å²) in [5.41, 5.74) is 1.74. The molecular weight excluding hydrogens is 460 g/mol. The lowest BCUT2D eigenvalue weighted by molar-refractivity contribution is -0.131. The van der Waals surface area contributed by atoms with Crippen LogP contribution >= 0.6 is 11.3 Å². The summed E-state index contributed by atoms with van der Waals surface area (Å²) < 4.78 is 13.4. The summed E-state index contributed by atoms with van der Waals surface area (Å²) in [6.45, 7) is 3.66. The van der Waals surface area contributed by atoms with Crippen LogP contribution < -0.4 is 14.8 Å². The molecule has 2 aliphatic heterocycles. The molecular formula is C27H26N4O3S. The molecule has 1 N–H and O–H groups in total. The van der Waals surface area contributed by atoms with E-state index in [9.17, 15) is 4.79 Å². The standard InChI is InChI=1S/C27H26N4O3S/c1-3-26(32)31-18-6-7-19(31)12-20(11-18)34-24-13-21-22(14-23(24)33-2)28-15-29-27(21)30-17-5-4-16-8-9-35-25(16)10-17/h3-5,8-10,13-15,18-20H,1,6-7,11-12H2,2H3,(H,28,29,30)/t18-,19?,20-/m1/s1. The molecule has 4 aromatic rings. The first-order valence-electron chi connectivity index (χ1n) is 11.8. The zero-order chi connectivity index (χ0) is 23.9. The van der Waals surface area contributed by atoms with E-state index < -0.39 is 0 Å². The molecule has 0 aliphatic carbocycles. The number of methoxy groups -OCH3 is 1. The van der Waals surface area contributed by atoms with Gasteiger partial charge < -0.3 is 19.7 Å². The van der Waals surface area contributed by atoms with Gasteiger partial charge in [-0.3, -0.25) is 4.79 Å². The van der Waals surface area contributed by atoms with E-state index >= 15 is 0 Å². The van der Waals surface area contributed by atoms with Crippen molar-refractivity contribution in [1.82, 2.24) is 14.9 Å². The number of nitrogens with one attached hydrogen (secondary N) is 1. The minimum absolute atomic E-state index is 0.00925. The van der Waals surface area contributed by atoms with Crippen molar-refractivity contribution in [2.24, 2.45) is 0 Å². The first kappa shape index (κ1) is 21.9. The fraction of sp³-hybridized carbons (Fsp3) is 0.296. The van der Waals surface area contributed by atoms with E-state index in [1.54, 1.807) is 24.8 Å². The van der Waals surface area contributed by atoms with Crippen molar-refractivity contribution in [2.45, 2.75) is 43.9 Å². The van der Waals surface area contributed by atoms with E-state index in [2.05, 4.69) is 51.5 Å². The van der Waals surface area contributed by atoms with Crippen molar-refractivity contribution in [3.8, 4) is 11.5 Å². The van der Waals surface area contributed by atoms with Gasteiger partial charge in [0.15, 0.2) is 11.5 Å². The topological polar surface area (TPSA) is 76.6 Å². The molecule has 2 bridgehead atoms. The van der Waals surface area contributed by atoms with Crippen LogP contribution in [0.4, 0.5) is 11.5 Å². The van der Waals surface area contributed by atoms with Crippen LogP contribution in [0.3, 0.4) is 0 Å². The number of hydrogen-bond donors (Lipinski definition) is 1. The van der Waals surface area contributed by atoms with E-state index in [0.717, 1.165) is 42.3 Å². The normalized spacial score (nSPS) is 21.3. The van der Waals surface area contributed by atoms with Crippen molar-refractivity contribution >= 4 is 49.7 Å². The van der Waals surface area contributed by atoms with Gasteiger partial charge in [-0.2, -0.15) is 0 Å². The largest absolute Gasteiger partial charge is 0.493 e. The molecule has 178 valence electrons. The molecule has 0 radical (unpaired) electrons. The number of carbonyl (C=O) groups excluding carboxylic acids is 1. The Morgan fingerprint density at radius 2 is 1.97 bits per heavy atom. The number of nitrogens with zero attached hydrogens (tertiary/aromatic N) is 3. The maximum Gasteiger partial charge on any atom is 0.246 e. The average Bonchev–Trinajstić information content (AvgIpc) is 3.45. The highest BCUT2D eigenvalue weighted by Crippen LogP contribution is 2.41. The number of benzene rings is 2. The fourth-order valence-electron chi connectivity index (χ4n) is 5.45. The van der Waals surface area contributed by atoms with Gasteiger partial charge in [0.2, 0.25) is 5.91 Å². The first-order valence-corrected chi connectivity index (χ1v) is 12.7. The van der Waals surface area contributed by atoms with Crippen LogP contribution in [0.2, 0.25) is 0 Å². The van der Waals surface area contributed by atoms with Crippen LogP contribution in [-0.2, 0) is 4.79 Å². The third-order valence-corrected chi connectivity index (χ3v) is 7.93. The number of ether oxygens (including phenoxy) is 2. The van der Waals surface area contributed by atoms with Gasteiger partial charge in [-0.05, 0) is 53.9 Å². The average molecular weight is 487 g/mol. The SMILES string of the molecule is C=CC(=O)N1C2CC[C@@H]1C[C@@H](Oc1cc3c(Nc4ccc5ccsc5c4)ncnc3cc1OC)C2. The zero-order valence-electron chi connectivity index (χ0n) is 19.4. The summed E-state index contributed by atoms with van der Waals surface area (Å²) in [6, 6.07) is 12.7. The monoisotopic (exact) mass is 486 g/mol. The summed E-state index contributed by atoms with van der Waals surface area (Å²) in [5.74, 6) is 2.04. The molecule has 7 nitrogen and oxygen atoms in total. The van der Waals surface area contributed by atoms with Crippen LogP contribution in [0.5, 0.6) is 11.5 Å². The molecule has 1 amide bonds. The third-order valence-electron chi connectivity index (χ3n) is 7.05. The predicted octanol–water partition coefficient (Wildman–Crippen LogP) is 5.68. The minimum atomic E-state index is 0.00925. The van der Waals surface area contributed by atoms with Crippen LogP contribution in [0, 0.1) is 0 Å². The van der Waals surface area contributed by atoms with Gasteiger partial charge in [-0.25, -0.2) is 9.97 Å². The van der Waals surface area contributed by atoms with Crippen LogP contribution in [-0.4, -0.2) is 46.1 Å². The van der Waals surface area contributed by atoms with Gasteiger partial charge in [0.25, 0.3) is 0 Å². The lowest BCUT2D eigenvalue weighted by Gasteiger charge is -2.38. The Balaban J connectivity index is 1.30. The highest BCUT2D eigenvalue weighted by molar-refractivity contribution is 7.17. The Bertz CT molecular complexity index is 1420. The lowest BCUT2D eigenvalue weighted by atomic mass is 9.99. The first-order chi connectivity index (χ1) is 17.1. The van der Waals surface area contributed by atoms with Crippen molar-refractivity contribution in [2.75, 3.05) is 12.4 Å². The van der Waals surface area contributed by atoms with Gasteiger partial charge in [0.1, 0.15) is 18.2 Å². The molecule has 1 unspecified atom stereocenters. The summed E-state index contributed by atoms with van der Waals surface area (Å²) in [6.07, 6.45) is 6.60. The molecule has 0 saturated carbocycles. The molecule has 0 spiro atoms. The minimum Gasteiger partial charge on any atom is -0.493 e. The van der Waals surface area contributed by atoms with Gasteiger partial charge in [-0.1, -0.05) is 12.6 Å². The Morgan fingerprint density at radius 1 is 1.14 bits per heavy atom. The quantitative estimate of drug-likeness (QED) is 0.353. The van der Waals surface area contributed by atoms with Gasteiger partial charge in [0.05, 0.1) is 12.6 Å². The number of thiophene rings is 1. The number of carbonyl (C=O) groups is 1. The van der Waals surface area contributed by atoms with Crippen molar-refractivity contribution in [3.63, 3.8) is 0 Å². The molecule has 8 heteroatoms. The molecule has 6 rings (SSSR count). The lowest BCUT2D eigenvalue weighted by Crippen LogP contribution is -2.48. The Morgan fingerprint density at radius 3 is 2.74 bits per heavy atom. The zero-order valence-corrected chi connectivity index (χ0v) is 20.3. The van der Waals surface area contributed by atoms with Gasteiger partial charge >= 0.3 is 0 Å². The van der Waals surface area contributed by atoms with Crippen LogP contribution in [0.15, 0.2) is 60.8 Å². The van der Waals surface area contributed by atoms with E-state index in [4.69, 9.17) is 9.47 Å². The summed E-state index contributed by atoms with van der Waals surface area (Å²) in [5, 5.41) is 7.63.